The van der Waals surface area contributed by atoms with Gasteiger partial charge in [0.25, 0.3) is 0 Å². The van der Waals surface area contributed by atoms with Crippen molar-refractivity contribution in [2.24, 2.45) is 0 Å². The molecule has 1 N–H and O–H groups in total. The van der Waals surface area contributed by atoms with Crippen molar-refractivity contribution < 1.29 is 4.74 Å². The average molecular weight is 189 g/mol. The predicted octanol–water partition coefficient (Wildman–Crippen LogP) is 1.51. The number of hydrogen-bond donors (Lipinski definition) is 1. The van der Waals surface area contributed by atoms with Gasteiger partial charge in [-0.05, 0) is 25.0 Å². The summed E-state index contributed by atoms with van der Waals surface area (Å²) in [4.78, 5) is 0. The van der Waals surface area contributed by atoms with E-state index in [1.807, 2.05) is 11.8 Å². The zero-order valence-corrected chi connectivity index (χ0v) is 8.66. The molecule has 1 rings (SSSR count). The fourth-order valence-electron chi connectivity index (χ4n) is 1.03. The van der Waals surface area contributed by atoms with E-state index in [1.54, 1.807) is 7.11 Å². The molecule has 0 bridgehead atoms. The Morgan fingerprint density at radius 1 is 1.42 bits per heavy atom. The fourth-order valence-corrected chi connectivity index (χ4v) is 1.82. The van der Waals surface area contributed by atoms with Gasteiger partial charge in [0.1, 0.15) is 0 Å². The Morgan fingerprint density at radius 3 is 2.92 bits per heavy atom. The second kappa shape index (κ2) is 6.75. The summed E-state index contributed by atoms with van der Waals surface area (Å²) in [6.07, 6.45) is 3.98. The maximum absolute atomic E-state index is 4.97. The number of rotatable bonds is 8. The third-order valence-corrected chi connectivity index (χ3v) is 2.96. The van der Waals surface area contributed by atoms with Gasteiger partial charge < -0.3 is 10.1 Å². The van der Waals surface area contributed by atoms with Crippen molar-refractivity contribution in [2.45, 2.75) is 25.3 Å². The summed E-state index contributed by atoms with van der Waals surface area (Å²) >= 11 is 2.02. The molecule has 1 fully saturated rings. The molecule has 12 heavy (non-hydrogen) atoms. The molecule has 3 heteroatoms. The Morgan fingerprint density at radius 2 is 2.25 bits per heavy atom. The Bertz CT molecular complexity index is 107. The van der Waals surface area contributed by atoms with Crippen LogP contribution in [0, 0.1) is 0 Å². The van der Waals surface area contributed by atoms with Crippen molar-refractivity contribution in [3.63, 3.8) is 0 Å². The quantitative estimate of drug-likeness (QED) is 0.585. The molecule has 0 aromatic heterocycles. The number of hydrogen-bond acceptors (Lipinski definition) is 3. The van der Waals surface area contributed by atoms with Crippen LogP contribution in [0.1, 0.15) is 19.3 Å². The zero-order valence-electron chi connectivity index (χ0n) is 7.84. The summed E-state index contributed by atoms with van der Waals surface area (Å²) in [5.74, 6) is 2.49. The van der Waals surface area contributed by atoms with Crippen LogP contribution in [0.25, 0.3) is 0 Å². The SMILES string of the molecule is COCCCSCCNC1CC1. The lowest BCUT2D eigenvalue weighted by Gasteiger charge is -2.02. The van der Waals surface area contributed by atoms with Gasteiger partial charge in [0.2, 0.25) is 0 Å². The Kier molecular flexibility index (Phi) is 5.82. The molecule has 0 heterocycles. The summed E-state index contributed by atoms with van der Waals surface area (Å²) in [5, 5.41) is 3.50. The Hall–Kier alpha value is 0.270. The molecule has 0 radical (unpaired) electrons. The Balaban J connectivity index is 1.65. The normalized spacial score (nSPS) is 16.8. The smallest absolute Gasteiger partial charge is 0.0470 e. The highest BCUT2D eigenvalue weighted by Gasteiger charge is 2.19. The number of methoxy groups -OCH3 is 1. The Labute approximate surface area is 79.4 Å². The lowest BCUT2D eigenvalue weighted by Crippen LogP contribution is -2.19. The molecule has 1 aliphatic rings. The number of thioether (sulfide) groups is 1. The maximum Gasteiger partial charge on any atom is 0.0470 e. The van der Waals surface area contributed by atoms with E-state index in [0.717, 1.165) is 12.6 Å². The first kappa shape index (κ1) is 10.4. The molecular weight excluding hydrogens is 170 g/mol. The molecule has 1 aliphatic carbocycles. The summed E-state index contributed by atoms with van der Waals surface area (Å²) < 4.78 is 4.97. The van der Waals surface area contributed by atoms with Crippen molar-refractivity contribution >= 4 is 11.8 Å². The molecule has 0 spiro atoms. The van der Waals surface area contributed by atoms with E-state index in [2.05, 4.69) is 5.32 Å². The summed E-state index contributed by atoms with van der Waals surface area (Å²) in [7, 11) is 1.76. The summed E-state index contributed by atoms with van der Waals surface area (Å²) in [5.41, 5.74) is 0. The molecule has 0 amide bonds. The average Bonchev–Trinajstić information content (AvgIpc) is 2.87. The highest BCUT2D eigenvalue weighted by atomic mass is 32.2. The molecule has 0 saturated heterocycles. The topological polar surface area (TPSA) is 21.3 Å². The van der Waals surface area contributed by atoms with Gasteiger partial charge in [-0.25, -0.2) is 0 Å². The molecule has 0 atom stereocenters. The fraction of sp³-hybridized carbons (Fsp3) is 1.00. The van der Waals surface area contributed by atoms with E-state index >= 15 is 0 Å². The molecule has 72 valence electrons. The van der Waals surface area contributed by atoms with Crippen LogP contribution in [0.3, 0.4) is 0 Å². The molecule has 0 unspecified atom stereocenters. The number of nitrogens with one attached hydrogen (secondary N) is 1. The van der Waals surface area contributed by atoms with Gasteiger partial charge in [-0.1, -0.05) is 0 Å². The minimum Gasteiger partial charge on any atom is -0.385 e. The van der Waals surface area contributed by atoms with Crippen molar-refractivity contribution in [3.05, 3.63) is 0 Å². The summed E-state index contributed by atoms with van der Waals surface area (Å²) in [6, 6.07) is 0.865. The standard InChI is InChI=1S/C9H19NOS/c1-11-6-2-7-12-8-5-10-9-3-4-9/h9-10H,2-8H2,1H3. The van der Waals surface area contributed by atoms with Gasteiger partial charge in [-0.2, -0.15) is 11.8 Å². The van der Waals surface area contributed by atoms with Gasteiger partial charge in [0.05, 0.1) is 0 Å². The van der Waals surface area contributed by atoms with Crippen LogP contribution in [0.5, 0.6) is 0 Å². The zero-order chi connectivity index (χ0) is 8.65. The van der Waals surface area contributed by atoms with E-state index in [-0.39, 0.29) is 0 Å². The van der Waals surface area contributed by atoms with Crippen molar-refractivity contribution in [2.75, 3.05) is 31.8 Å². The number of ether oxygens (including phenoxy) is 1. The first-order valence-electron chi connectivity index (χ1n) is 4.73. The van der Waals surface area contributed by atoms with E-state index in [9.17, 15) is 0 Å². The van der Waals surface area contributed by atoms with Crippen LogP contribution in [0.2, 0.25) is 0 Å². The monoisotopic (exact) mass is 189 g/mol. The van der Waals surface area contributed by atoms with E-state index in [4.69, 9.17) is 4.74 Å². The highest BCUT2D eigenvalue weighted by Crippen LogP contribution is 2.18. The summed E-state index contributed by atoms with van der Waals surface area (Å²) in [6.45, 7) is 2.09. The van der Waals surface area contributed by atoms with Crippen LogP contribution in [0.15, 0.2) is 0 Å². The largest absolute Gasteiger partial charge is 0.385 e. The van der Waals surface area contributed by atoms with Crippen molar-refractivity contribution in [3.8, 4) is 0 Å². The minimum absolute atomic E-state index is 0.865. The minimum atomic E-state index is 0.865. The molecule has 2 nitrogen and oxygen atoms in total. The maximum atomic E-state index is 4.97. The molecule has 1 saturated carbocycles. The van der Waals surface area contributed by atoms with Gasteiger partial charge in [-0.15, -0.1) is 0 Å². The third-order valence-electron chi connectivity index (χ3n) is 1.89. The molecule has 0 aromatic carbocycles. The van der Waals surface area contributed by atoms with E-state index in [0.29, 0.717) is 0 Å². The first-order valence-corrected chi connectivity index (χ1v) is 5.89. The lowest BCUT2D eigenvalue weighted by molar-refractivity contribution is 0.200. The van der Waals surface area contributed by atoms with Crippen LogP contribution >= 0.6 is 11.8 Å². The van der Waals surface area contributed by atoms with Crippen LogP contribution < -0.4 is 5.32 Å². The van der Waals surface area contributed by atoms with Gasteiger partial charge in [0.15, 0.2) is 0 Å². The van der Waals surface area contributed by atoms with Crippen LogP contribution in [-0.4, -0.2) is 37.8 Å². The van der Waals surface area contributed by atoms with Crippen LogP contribution in [-0.2, 0) is 4.74 Å². The van der Waals surface area contributed by atoms with Gasteiger partial charge in [-0.3, -0.25) is 0 Å². The lowest BCUT2D eigenvalue weighted by atomic mass is 10.5. The predicted molar refractivity (Wildman–Crippen MR) is 54.8 cm³/mol. The van der Waals surface area contributed by atoms with Gasteiger partial charge >= 0.3 is 0 Å². The molecular formula is C9H19NOS. The molecule has 0 aliphatic heterocycles. The van der Waals surface area contributed by atoms with E-state index in [1.165, 1.54) is 37.3 Å². The second-order valence-corrected chi connectivity index (χ2v) is 4.41. The van der Waals surface area contributed by atoms with Crippen molar-refractivity contribution in [1.82, 2.24) is 5.32 Å². The third kappa shape index (κ3) is 5.86. The second-order valence-electron chi connectivity index (χ2n) is 3.19. The highest BCUT2D eigenvalue weighted by molar-refractivity contribution is 7.99. The molecule has 0 aromatic rings. The van der Waals surface area contributed by atoms with Crippen LogP contribution in [0.4, 0.5) is 0 Å². The first-order chi connectivity index (χ1) is 5.93. The van der Waals surface area contributed by atoms with Crippen molar-refractivity contribution in [1.29, 1.82) is 0 Å². The van der Waals surface area contributed by atoms with E-state index < -0.39 is 0 Å². The van der Waals surface area contributed by atoms with Gasteiger partial charge in [0, 0.05) is 32.1 Å².